The second-order valence-corrected chi connectivity index (χ2v) is 8.29. The molecular formula is C24H39N2PS. The highest BCUT2D eigenvalue weighted by molar-refractivity contribution is 7.27. The zero-order valence-corrected chi connectivity index (χ0v) is 20.6. The quantitative estimate of drug-likeness (QED) is 0.393. The van der Waals surface area contributed by atoms with E-state index in [1.165, 1.54) is 32.4 Å². The smallest absolute Gasteiger partial charge is 0.0322 e. The molecule has 0 bridgehead atoms. The van der Waals surface area contributed by atoms with Gasteiger partial charge in [0.15, 0.2) is 0 Å². The van der Waals surface area contributed by atoms with E-state index in [0.29, 0.717) is 0 Å². The maximum Gasteiger partial charge on any atom is 0.0322 e. The van der Waals surface area contributed by atoms with Crippen molar-refractivity contribution in [1.29, 1.82) is 0 Å². The Labute approximate surface area is 179 Å². The van der Waals surface area contributed by atoms with Gasteiger partial charge in [-0.05, 0) is 74.1 Å². The van der Waals surface area contributed by atoms with E-state index in [-0.39, 0.29) is 0 Å². The van der Waals surface area contributed by atoms with Gasteiger partial charge in [0.1, 0.15) is 0 Å². The average Bonchev–Trinajstić information content (AvgIpc) is 3.05. The highest BCUT2D eigenvalue weighted by Gasteiger charge is 1.97. The van der Waals surface area contributed by atoms with Crippen LogP contribution in [-0.4, -0.2) is 13.1 Å². The first kappa shape index (κ1) is 26.6. The van der Waals surface area contributed by atoms with Crippen LogP contribution in [0.25, 0.3) is 5.57 Å². The monoisotopic (exact) mass is 418 g/mol. The Hall–Kier alpha value is -1.41. The topological polar surface area (TPSA) is 24.1 Å². The van der Waals surface area contributed by atoms with Gasteiger partial charge in [0.05, 0.1) is 0 Å². The third-order valence-electron chi connectivity index (χ3n) is 3.70. The molecule has 0 aliphatic rings. The number of nitrogens with one attached hydrogen (secondary N) is 2. The van der Waals surface area contributed by atoms with Gasteiger partial charge in [0.2, 0.25) is 0 Å². The molecule has 4 heteroatoms. The van der Waals surface area contributed by atoms with Crippen LogP contribution in [0.1, 0.15) is 55.7 Å². The summed E-state index contributed by atoms with van der Waals surface area (Å²) < 4.78 is 0. The summed E-state index contributed by atoms with van der Waals surface area (Å²) in [5.41, 5.74) is 6.22. The van der Waals surface area contributed by atoms with Gasteiger partial charge in [-0.15, -0.1) is 20.6 Å². The summed E-state index contributed by atoms with van der Waals surface area (Å²) in [6.07, 6.45) is 1.12. The second kappa shape index (κ2) is 15.5. The summed E-state index contributed by atoms with van der Waals surface area (Å²) in [5.74, 6) is 0. The molecular weight excluding hydrogens is 379 g/mol. The SMILES string of the molecule is C=C(C)NCCCNCc1cc(C)cc(P)c1.C=C(C)c1sccc1C.CC. The number of benzene rings is 1. The lowest BCUT2D eigenvalue weighted by Crippen LogP contribution is -2.20. The molecule has 0 spiro atoms. The van der Waals surface area contributed by atoms with Crippen molar-refractivity contribution in [3.05, 3.63) is 70.1 Å². The Kier molecular flexibility index (Phi) is 14.7. The van der Waals surface area contributed by atoms with E-state index in [1.807, 2.05) is 27.7 Å². The van der Waals surface area contributed by atoms with Gasteiger partial charge in [-0.1, -0.05) is 50.8 Å². The van der Waals surface area contributed by atoms with Crippen molar-refractivity contribution < 1.29 is 0 Å². The molecule has 2 aromatic rings. The maximum absolute atomic E-state index is 3.87. The molecule has 2 N–H and O–H groups in total. The van der Waals surface area contributed by atoms with E-state index in [2.05, 4.69) is 76.5 Å². The van der Waals surface area contributed by atoms with Gasteiger partial charge < -0.3 is 10.6 Å². The number of rotatable bonds is 8. The molecule has 0 aliphatic heterocycles. The van der Waals surface area contributed by atoms with Crippen LogP contribution in [0.4, 0.5) is 0 Å². The predicted molar refractivity (Wildman–Crippen MR) is 135 cm³/mol. The largest absolute Gasteiger partial charge is 0.389 e. The van der Waals surface area contributed by atoms with Crippen molar-refractivity contribution in [3.63, 3.8) is 0 Å². The summed E-state index contributed by atoms with van der Waals surface area (Å²) in [5, 5.41) is 10.0. The highest BCUT2D eigenvalue weighted by atomic mass is 32.1. The van der Waals surface area contributed by atoms with Crippen molar-refractivity contribution in [3.8, 4) is 0 Å². The lowest BCUT2D eigenvalue weighted by molar-refractivity contribution is 0.626. The molecule has 1 aromatic heterocycles. The predicted octanol–water partition coefficient (Wildman–Crippen LogP) is 6.21. The molecule has 28 heavy (non-hydrogen) atoms. The van der Waals surface area contributed by atoms with Gasteiger partial charge in [0.25, 0.3) is 0 Å². The Morgan fingerprint density at radius 2 is 1.75 bits per heavy atom. The fourth-order valence-corrected chi connectivity index (χ4v) is 3.89. The van der Waals surface area contributed by atoms with Crippen molar-refractivity contribution in [2.75, 3.05) is 13.1 Å². The van der Waals surface area contributed by atoms with Gasteiger partial charge in [0, 0.05) is 23.7 Å². The van der Waals surface area contributed by atoms with Crippen LogP contribution in [0.5, 0.6) is 0 Å². The van der Waals surface area contributed by atoms with Crippen molar-refractivity contribution >= 4 is 31.5 Å². The standard InChI is InChI=1S/C14H23N2P.C8H10S.C2H6/c1-11(2)16-6-4-5-15-10-13-7-12(3)8-14(17)9-13;1-6(2)8-7(3)4-5-9-8;1-2/h7-9,15-16H,1,4-6,10,17H2,2-3H3;4-5H,1H2,2-3H3;1-2H3. The Bertz CT molecular complexity index is 699. The molecule has 0 saturated carbocycles. The number of hydrogen-bond acceptors (Lipinski definition) is 3. The Balaban J connectivity index is 0.000000556. The average molecular weight is 419 g/mol. The maximum atomic E-state index is 3.87. The third kappa shape index (κ3) is 12.1. The van der Waals surface area contributed by atoms with Crippen molar-refractivity contribution in [2.45, 2.75) is 54.5 Å². The molecule has 0 fully saturated rings. The molecule has 2 rings (SSSR count). The lowest BCUT2D eigenvalue weighted by atomic mass is 10.1. The number of hydrogen-bond donors (Lipinski definition) is 2. The minimum Gasteiger partial charge on any atom is -0.389 e. The molecule has 0 radical (unpaired) electrons. The molecule has 1 atom stereocenters. The molecule has 156 valence electrons. The molecule has 0 amide bonds. The summed E-state index contributed by atoms with van der Waals surface area (Å²) in [4.78, 5) is 1.33. The Morgan fingerprint density at radius 1 is 1.07 bits per heavy atom. The zero-order valence-electron chi connectivity index (χ0n) is 18.6. The van der Waals surface area contributed by atoms with Crippen LogP contribution < -0.4 is 15.9 Å². The van der Waals surface area contributed by atoms with Crippen LogP contribution in [0.15, 0.2) is 48.5 Å². The van der Waals surface area contributed by atoms with E-state index in [9.17, 15) is 0 Å². The van der Waals surface area contributed by atoms with Crippen LogP contribution in [0.3, 0.4) is 0 Å². The normalized spacial score (nSPS) is 9.54. The number of allylic oxidation sites excluding steroid dienone is 2. The highest BCUT2D eigenvalue weighted by Crippen LogP contribution is 2.22. The van der Waals surface area contributed by atoms with E-state index >= 15 is 0 Å². The molecule has 0 aliphatic carbocycles. The van der Waals surface area contributed by atoms with E-state index in [4.69, 9.17) is 0 Å². The van der Waals surface area contributed by atoms with Gasteiger partial charge >= 0.3 is 0 Å². The van der Waals surface area contributed by atoms with E-state index in [0.717, 1.165) is 31.8 Å². The summed E-state index contributed by atoms with van der Waals surface area (Å²) >= 11 is 1.76. The van der Waals surface area contributed by atoms with E-state index in [1.54, 1.807) is 11.3 Å². The van der Waals surface area contributed by atoms with Crippen LogP contribution >= 0.6 is 20.6 Å². The molecule has 1 heterocycles. The molecule has 1 aromatic carbocycles. The zero-order chi connectivity index (χ0) is 21.5. The first-order valence-electron chi connectivity index (χ1n) is 9.95. The van der Waals surface area contributed by atoms with Crippen molar-refractivity contribution in [1.82, 2.24) is 10.6 Å². The minimum absolute atomic E-state index is 0.941. The summed E-state index contributed by atoms with van der Waals surface area (Å²) in [7, 11) is 2.75. The lowest BCUT2D eigenvalue weighted by Gasteiger charge is -2.08. The molecule has 1 unspecified atom stereocenters. The fraction of sp³-hybridized carbons (Fsp3) is 0.417. The van der Waals surface area contributed by atoms with Crippen LogP contribution in [-0.2, 0) is 6.54 Å². The van der Waals surface area contributed by atoms with Crippen LogP contribution in [0.2, 0.25) is 0 Å². The Morgan fingerprint density at radius 3 is 2.21 bits per heavy atom. The summed E-state index contributed by atoms with van der Waals surface area (Å²) in [6, 6.07) is 8.73. The second-order valence-electron chi connectivity index (χ2n) is 6.70. The van der Waals surface area contributed by atoms with Crippen molar-refractivity contribution in [2.24, 2.45) is 0 Å². The molecule has 0 saturated heterocycles. The van der Waals surface area contributed by atoms with E-state index < -0.39 is 0 Å². The number of thiophene rings is 1. The number of aryl methyl sites for hydroxylation is 2. The fourth-order valence-electron chi connectivity index (χ4n) is 2.55. The van der Waals surface area contributed by atoms with Gasteiger partial charge in [-0.25, -0.2) is 0 Å². The first-order valence-corrected chi connectivity index (χ1v) is 11.4. The first-order chi connectivity index (χ1) is 13.3. The minimum atomic E-state index is 0.941. The van der Waals surface area contributed by atoms with Crippen LogP contribution in [0, 0.1) is 13.8 Å². The van der Waals surface area contributed by atoms with Gasteiger partial charge in [-0.2, -0.15) is 0 Å². The molecule has 2 nitrogen and oxygen atoms in total. The van der Waals surface area contributed by atoms with Gasteiger partial charge in [-0.3, -0.25) is 0 Å². The third-order valence-corrected chi connectivity index (χ3v) is 5.21. The summed E-state index contributed by atoms with van der Waals surface area (Å²) in [6.45, 7) is 22.9.